The summed E-state index contributed by atoms with van der Waals surface area (Å²) < 4.78 is 5.60. The topological polar surface area (TPSA) is 26.3 Å². The number of unbranched alkanes of at least 4 members (excludes halogenated alkanes) is 19. The summed E-state index contributed by atoms with van der Waals surface area (Å²) in [5.74, 6) is -0.269. The predicted molar refractivity (Wildman–Crippen MR) is 138 cm³/mol. The molecule has 0 radical (unpaired) electrons. The molecular weight excluding hydrogens is 404 g/mol. The van der Waals surface area contributed by atoms with Gasteiger partial charge in [-0.3, -0.25) is 4.79 Å². The highest BCUT2D eigenvalue weighted by Gasteiger charge is 2.13. The van der Waals surface area contributed by atoms with Crippen LogP contribution < -0.4 is 0 Å². The lowest BCUT2D eigenvalue weighted by Crippen LogP contribution is -2.19. The van der Waals surface area contributed by atoms with Crippen molar-refractivity contribution in [3.63, 3.8) is 0 Å². The Morgan fingerprint density at radius 1 is 0.548 bits per heavy atom. The molecule has 0 heterocycles. The number of rotatable bonds is 25. The van der Waals surface area contributed by atoms with Crippen LogP contribution in [0.5, 0.6) is 0 Å². The summed E-state index contributed by atoms with van der Waals surface area (Å²) in [5, 5.41) is 0. The molecule has 0 amide bonds. The number of alkyl halides is 1. The number of hydrogen-bond acceptors (Lipinski definition) is 2. The molecule has 2 nitrogen and oxygen atoms in total. The third-order valence-electron chi connectivity index (χ3n) is 6.42. The lowest BCUT2D eigenvalue weighted by Gasteiger charge is -2.17. The first kappa shape index (κ1) is 30.8. The second kappa shape index (κ2) is 26.0. The van der Waals surface area contributed by atoms with Crippen molar-refractivity contribution in [3.8, 4) is 0 Å². The number of ether oxygens (including phenoxy) is 1. The minimum atomic E-state index is -0.248. The number of carbonyl (C=O) groups is 1. The second-order valence-corrected chi connectivity index (χ2v) is 9.81. The van der Waals surface area contributed by atoms with Gasteiger partial charge in [-0.05, 0) is 25.7 Å². The van der Waals surface area contributed by atoms with Gasteiger partial charge in [-0.25, -0.2) is 0 Å². The van der Waals surface area contributed by atoms with Gasteiger partial charge in [-0.2, -0.15) is 0 Å². The van der Waals surface area contributed by atoms with Crippen molar-refractivity contribution >= 4 is 17.6 Å². The summed E-state index contributed by atoms with van der Waals surface area (Å²) in [4.78, 5) is 11.7. The van der Waals surface area contributed by atoms with Gasteiger partial charge >= 0.3 is 5.97 Å². The van der Waals surface area contributed by atoms with Gasteiger partial charge in [0.2, 0.25) is 0 Å². The normalized spacial score (nSPS) is 12.2. The molecule has 0 spiro atoms. The molecule has 0 aromatic rings. The van der Waals surface area contributed by atoms with Crippen molar-refractivity contribution < 1.29 is 9.53 Å². The Morgan fingerprint density at radius 2 is 0.839 bits per heavy atom. The van der Waals surface area contributed by atoms with Gasteiger partial charge in [0.1, 0.15) is 12.0 Å². The molecule has 31 heavy (non-hydrogen) atoms. The number of halogens is 1. The predicted octanol–water partition coefficient (Wildman–Crippen LogP) is 10.1. The van der Waals surface area contributed by atoms with Crippen LogP contribution in [0.3, 0.4) is 0 Å². The van der Waals surface area contributed by atoms with Crippen molar-refractivity contribution in [1.82, 2.24) is 0 Å². The minimum Gasteiger partial charge on any atom is -0.461 e. The zero-order valence-electron chi connectivity index (χ0n) is 21.2. The van der Waals surface area contributed by atoms with E-state index in [4.69, 9.17) is 16.3 Å². The van der Waals surface area contributed by atoms with Crippen molar-refractivity contribution in [2.24, 2.45) is 0 Å². The molecule has 0 N–H and O–H groups in total. The summed E-state index contributed by atoms with van der Waals surface area (Å²) in [6, 6.07) is 0. The first-order valence-corrected chi connectivity index (χ1v) is 14.5. The van der Waals surface area contributed by atoms with Crippen LogP contribution in [0.2, 0.25) is 0 Å². The van der Waals surface area contributed by atoms with Crippen molar-refractivity contribution in [1.29, 1.82) is 0 Å². The Kier molecular flexibility index (Phi) is 25.8. The molecule has 0 aliphatic rings. The van der Waals surface area contributed by atoms with E-state index in [-0.39, 0.29) is 18.0 Å². The van der Waals surface area contributed by atoms with E-state index in [2.05, 4.69) is 13.8 Å². The van der Waals surface area contributed by atoms with E-state index in [0.29, 0.717) is 0 Å². The number of hydrogen-bond donors (Lipinski definition) is 0. The molecule has 3 heteroatoms. The van der Waals surface area contributed by atoms with E-state index in [0.717, 1.165) is 12.8 Å². The highest BCUT2D eigenvalue weighted by Crippen LogP contribution is 2.18. The molecule has 0 fully saturated rings. The van der Waals surface area contributed by atoms with Crippen molar-refractivity contribution in [2.45, 2.75) is 168 Å². The summed E-state index contributed by atoms with van der Waals surface area (Å²) in [7, 11) is 0. The maximum atomic E-state index is 11.7. The highest BCUT2D eigenvalue weighted by molar-refractivity contribution is 6.26. The summed E-state index contributed by atoms with van der Waals surface area (Å²) in [6.45, 7) is 4.55. The average molecular weight is 459 g/mol. The van der Waals surface area contributed by atoms with E-state index in [1.54, 1.807) is 0 Å². The van der Waals surface area contributed by atoms with Crippen LogP contribution in [-0.4, -0.2) is 18.0 Å². The fourth-order valence-electron chi connectivity index (χ4n) is 4.38. The zero-order chi connectivity index (χ0) is 22.8. The van der Waals surface area contributed by atoms with Crippen LogP contribution in [0.15, 0.2) is 0 Å². The van der Waals surface area contributed by atoms with E-state index in [1.807, 2.05) is 0 Å². The molecule has 0 aromatic carbocycles. The lowest BCUT2D eigenvalue weighted by molar-refractivity contribution is -0.146. The Balaban J connectivity index is 3.66. The lowest BCUT2D eigenvalue weighted by atomic mass is 10.0. The molecule has 1 unspecified atom stereocenters. The van der Waals surface area contributed by atoms with Crippen LogP contribution in [0.25, 0.3) is 0 Å². The Hall–Kier alpha value is -0.240. The number of carbonyl (C=O) groups excluding carboxylic acids is 1. The Morgan fingerprint density at radius 3 is 1.13 bits per heavy atom. The van der Waals surface area contributed by atoms with Gasteiger partial charge in [-0.1, -0.05) is 136 Å². The van der Waals surface area contributed by atoms with Crippen LogP contribution in [0, 0.1) is 0 Å². The summed E-state index contributed by atoms with van der Waals surface area (Å²) in [5.41, 5.74) is 0. The molecule has 0 aliphatic heterocycles. The largest absolute Gasteiger partial charge is 0.461 e. The zero-order valence-corrected chi connectivity index (χ0v) is 22.0. The third kappa shape index (κ3) is 24.2. The smallest absolute Gasteiger partial charge is 0.321 e. The molecule has 0 rings (SSSR count). The maximum Gasteiger partial charge on any atom is 0.321 e. The van der Waals surface area contributed by atoms with Crippen LogP contribution in [0.1, 0.15) is 162 Å². The first-order chi connectivity index (χ1) is 15.2. The van der Waals surface area contributed by atoms with Crippen molar-refractivity contribution in [2.75, 3.05) is 5.88 Å². The average Bonchev–Trinajstić information content (AvgIpc) is 2.78. The van der Waals surface area contributed by atoms with E-state index < -0.39 is 0 Å². The van der Waals surface area contributed by atoms with Crippen LogP contribution in [-0.2, 0) is 9.53 Å². The van der Waals surface area contributed by atoms with Gasteiger partial charge in [0.25, 0.3) is 0 Å². The molecule has 1 atom stereocenters. The summed E-state index contributed by atoms with van der Waals surface area (Å²) in [6.07, 6.45) is 30.4. The molecule has 0 aliphatic carbocycles. The maximum absolute atomic E-state index is 11.7. The fourth-order valence-corrected chi connectivity index (χ4v) is 4.44. The quantitative estimate of drug-likeness (QED) is 0.0771. The number of esters is 1. The monoisotopic (exact) mass is 458 g/mol. The van der Waals surface area contributed by atoms with E-state index in [9.17, 15) is 4.79 Å². The Bertz CT molecular complexity index is 359. The molecule has 0 aromatic heterocycles. The van der Waals surface area contributed by atoms with Gasteiger partial charge in [0, 0.05) is 0 Å². The highest BCUT2D eigenvalue weighted by atomic mass is 35.5. The van der Waals surface area contributed by atoms with Gasteiger partial charge in [0.15, 0.2) is 0 Å². The molecular formula is C28H55ClO2. The van der Waals surface area contributed by atoms with E-state index in [1.165, 1.54) is 135 Å². The Labute approximate surface area is 200 Å². The molecule has 0 saturated carbocycles. The van der Waals surface area contributed by atoms with Gasteiger partial charge in [-0.15, -0.1) is 11.6 Å². The fraction of sp³-hybridized carbons (Fsp3) is 0.964. The second-order valence-electron chi connectivity index (χ2n) is 9.54. The summed E-state index contributed by atoms with van der Waals surface area (Å²) >= 11 is 5.66. The molecule has 186 valence electrons. The first-order valence-electron chi connectivity index (χ1n) is 14.0. The standard InChI is InChI=1S/C28H55ClO2/c1-3-5-7-9-11-13-15-17-19-21-23-25-27(31-28(30)26-29)24-22-20-18-16-14-12-10-8-6-4-2/h27H,3-26H2,1-2H3. The van der Waals surface area contributed by atoms with E-state index >= 15 is 0 Å². The third-order valence-corrected chi connectivity index (χ3v) is 6.63. The molecule has 0 saturated heterocycles. The van der Waals surface area contributed by atoms with Gasteiger partial charge < -0.3 is 4.74 Å². The van der Waals surface area contributed by atoms with Crippen LogP contribution in [0.4, 0.5) is 0 Å². The van der Waals surface area contributed by atoms with Crippen molar-refractivity contribution in [3.05, 3.63) is 0 Å². The van der Waals surface area contributed by atoms with Gasteiger partial charge in [0.05, 0.1) is 0 Å². The van der Waals surface area contributed by atoms with Crippen LogP contribution >= 0.6 is 11.6 Å². The SMILES string of the molecule is CCCCCCCCCCCCCC(CCCCCCCCCCCC)OC(=O)CCl. The molecule has 0 bridgehead atoms. The minimum absolute atomic E-state index is 0.0210.